The van der Waals surface area contributed by atoms with Crippen molar-refractivity contribution in [2.45, 2.75) is 45.1 Å². The number of hydrogen-bond donors (Lipinski definition) is 1. The fraction of sp³-hybridized carbons (Fsp3) is 0.471. The molecular weight excluding hydrogens is 280 g/mol. The van der Waals surface area contributed by atoms with Crippen LogP contribution in [-0.4, -0.2) is 28.9 Å². The Balaban J connectivity index is 2.85. The van der Waals surface area contributed by atoms with Crippen molar-refractivity contribution in [2.75, 3.05) is 7.05 Å². The minimum atomic E-state index is -0.810. The van der Waals surface area contributed by atoms with Crippen LogP contribution in [0.3, 0.4) is 0 Å². The molecule has 0 heterocycles. The second-order valence-corrected chi connectivity index (χ2v) is 5.28. The van der Waals surface area contributed by atoms with Crippen LogP contribution < -0.4 is 0 Å². The molecule has 0 bridgehead atoms. The Morgan fingerprint density at radius 1 is 1.32 bits per heavy atom. The van der Waals surface area contributed by atoms with Crippen LogP contribution in [-0.2, 0) is 16.0 Å². The topological polar surface area (TPSA) is 81.4 Å². The molecule has 1 rings (SSSR count). The highest BCUT2D eigenvalue weighted by atomic mass is 16.4. The third kappa shape index (κ3) is 5.21. The summed E-state index contributed by atoms with van der Waals surface area (Å²) in [6.45, 7) is 2.05. The molecule has 0 aliphatic heterocycles. The third-order valence-electron chi connectivity index (χ3n) is 3.65. The van der Waals surface area contributed by atoms with Crippen LogP contribution in [0.1, 0.15) is 49.8 Å². The summed E-state index contributed by atoms with van der Waals surface area (Å²) in [4.78, 5) is 24.1. The highest BCUT2D eigenvalue weighted by Gasteiger charge is 2.20. The van der Waals surface area contributed by atoms with Crippen molar-refractivity contribution in [1.29, 1.82) is 5.26 Å². The Morgan fingerprint density at radius 2 is 1.95 bits per heavy atom. The van der Waals surface area contributed by atoms with E-state index in [0.717, 1.165) is 24.0 Å². The molecule has 1 aromatic rings. The molecule has 1 atom stereocenters. The number of aryl methyl sites for hydroxylation is 1. The fourth-order valence-electron chi connectivity index (χ4n) is 2.38. The quantitative estimate of drug-likeness (QED) is 0.800. The van der Waals surface area contributed by atoms with Crippen LogP contribution in [0.2, 0.25) is 0 Å². The van der Waals surface area contributed by atoms with E-state index in [1.54, 1.807) is 11.9 Å². The van der Waals surface area contributed by atoms with Gasteiger partial charge in [-0.1, -0.05) is 37.6 Å². The molecule has 1 aromatic carbocycles. The van der Waals surface area contributed by atoms with Gasteiger partial charge in [-0.3, -0.25) is 9.59 Å². The van der Waals surface area contributed by atoms with Crippen LogP contribution in [0, 0.1) is 11.3 Å². The van der Waals surface area contributed by atoms with Crippen molar-refractivity contribution >= 4 is 11.9 Å². The van der Waals surface area contributed by atoms with Crippen LogP contribution in [0.25, 0.3) is 0 Å². The minimum Gasteiger partial charge on any atom is -0.481 e. The molecule has 0 radical (unpaired) electrons. The Morgan fingerprint density at radius 3 is 2.45 bits per heavy atom. The van der Waals surface area contributed by atoms with E-state index < -0.39 is 5.97 Å². The van der Waals surface area contributed by atoms with Gasteiger partial charge in [0.1, 0.15) is 6.42 Å². The van der Waals surface area contributed by atoms with E-state index in [9.17, 15) is 9.59 Å². The van der Waals surface area contributed by atoms with Crippen molar-refractivity contribution < 1.29 is 14.7 Å². The van der Waals surface area contributed by atoms with Crippen LogP contribution in [0.15, 0.2) is 24.3 Å². The van der Waals surface area contributed by atoms with Gasteiger partial charge in [0, 0.05) is 13.5 Å². The normalized spacial score (nSPS) is 11.5. The monoisotopic (exact) mass is 302 g/mol. The Bertz CT molecular complexity index is 546. The Kier molecular flexibility index (Phi) is 7.11. The maximum atomic E-state index is 11.9. The predicted octanol–water partition coefficient (Wildman–Crippen LogP) is 2.92. The number of amides is 1. The summed E-state index contributed by atoms with van der Waals surface area (Å²) in [5, 5.41) is 17.4. The Hall–Kier alpha value is -2.35. The van der Waals surface area contributed by atoms with Gasteiger partial charge in [0.15, 0.2) is 0 Å². The zero-order valence-electron chi connectivity index (χ0n) is 13.1. The van der Waals surface area contributed by atoms with Gasteiger partial charge < -0.3 is 10.0 Å². The number of carboxylic acid groups (broad SMARTS) is 1. The molecule has 22 heavy (non-hydrogen) atoms. The molecular formula is C17H22N2O3. The average molecular weight is 302 g/mol. The first-order valence-electron chi connectivity index (χ1n) is 7.42. The van der Waals surface area contributed by atoms with Crippen molar-refractivity contribution in [3.63, 3.8) is 0 Å². The number of rotatable bonds is 8. The molecule has 1 N–H and O–H groups in total. The Labute approximate surface area is 131 Å². The zero-order valence-corrected chi connectivity index (χ0v) is 13.1. The second-order valence-electron chi connectivity index (χ2n) is 5.28. The molecule has 5 nitrogen and oxygen atoms in total. The van der Waals surface area contributed by atoms with Gasteiger partial charge in [0.2, 0.25) is 5.91 Å². The van der Waals surface area contributed by atoms with Crippen LogP contribution >= 0.6 is 0 Å². The molecule has 1 amide bonds. The van der Waals surface area contributed by atoms with Crippen LogP contribution in [0.5, 0.6) is 0 Å². The minimum absolute atomic E-state index is 0.0561. The SMILES string of the molecule is CCCC(c1ccc(CCC(=O)O)cc1)N(C)C(=O)CC#N. The first-order chi connectivity index (χ1) is 10.5. The number of benzene rings is 1. The molecule has 0 fully saturated rings. The van der Waals surface area contributed by atoms with Crippen molar-refractivity contribution in [3.8, 4) is 6.07 Å². The lowest BCUT2D eigenvalue weighted by atomic mass is 9.98. The molecule has 0 saturated carbocycles. The van der Waals surface area contributed by atoms with E-state index in [1.807, 2.05) is 30.3 Å². The number of nitrogens with zero attached hydrogens (tertiary/aromatic N) is 2. The third-order valence-corrected chi connectivity index (χ3v) is 3.65. The highest BCUT2D eigenvalue weighted by Crippen LogP contribution is 2.25. The maximum Gasteiger partial charge on any atom is 0.303 e. The van der Waals surface area contributed by atoms with Gasteiger partial charge in [-0.15, -0.1) is 0 Å². The summed E-state index contributed by atoms with van der Waals surface area (Å²) in [7, 11) is 1.72. The second kappa shape index (κ2) is 8.83. The lowest BCUT2D eigenvalue weighted by Gasteiger charge is -2.28. The van der Waals surface area contributed by atoms with Gasteiger partial charge in [0.05, 0.1) is 12.1 Å². The standard InChI is InChI=1S/C17H22N2O3/c1-3-4-15(19(2)16(20)11-12-18)14-8-5-13(6-9-14)7-10-17(21)22/h5-6,8-9,15H,3-4,7,10-11H2,1-2H3,(H,21,22). The molecule has 0 spiro atoms. The van der Waals surface area contributed by atoms with Gasteiger partial charge in [0.25, 0.3) is 0 Å². The smallest absolute Gasteiger partial charge is 0.303 e. The fourth-order valence-corrected chi connectivity index (χ4v) is 2.38. The summed E-state index contributed by atoms with van der Waals surface area (Å²) in [6.07, 6.45) is 2.24. The van der Waals surface area contributed by atoms with E-state index in [0.29, 0.717) is 6.42 Å². The summed E-state index contributed by atoms with van der Waals surface area (Å²) in [5.74, 6) is -0.995. The molecule has 0 saturated heterocycles. The van der Waals surface area contributed by atoms with Gasteiger partial charge >= 0.3 is 5.97 Å². The highest BCUT2D eigenvalue weighted by molar-refractivity contribution is 5.78. The first kappa shape index (κ1) is 17.7. The average Bonchev–Trinajstić information content (AvgIpc) is 2.51. The number of aliphatic carboxylic acids is 1. The molecule has 0 aromatic heterocycles. The van der Waals surface area contributed by atoms with Gasteiger partial charge in [-0.25, -0.2) is 0 Å². The lowest BCUT2D eigenvalue weighted by molar-refractivity contribution is -0.137. The summed E-state index contributed by atoms with van der Waals surface area (Å²) >= 11 is 0. The summed E-state index contributed by atoms with van der Waals surface area (Å²) in [6, 6.07) is 9.52. The lowest BCUT2D eigenvalue weighted by Crippen LogP contribution is -2.30. The van der Waals surface area contributed by atoms with E-state index in [1.165, 1.54) is 0 Å². The number of carbonyl (C=O) groups excluding carboxylic acids is 1. The van der Waals surface area contributed by atoms with E-state index >= 15 is 0 Å². The largest absolute Gasteiger partial charge is 0.481 e. The number of carboxylic acids is 1. The molecule has 0 aliphatic rings. The van der Waals surface area contributed by atoms with Gasteiger partial charge in [-0.2, -0.15) is 5.26 Å². The van der Waals surface area contributed by atoms with Crippen LogP contribution in [0.4, 0.5) is 0 Å². The zero-order chi connectivity index (χ0) is 16.5. The summed E-state index contributed by atoms with van der Waals surface area (Å²) in [5.41, 5.74) is 1.97. The molecule has 118 valence electrons. The molecule has 5 heteroatoms. The number of hydrogen-bond acceptors (Lipinski definition) is 3. The van der Waals surface area contributed by atoms with Gasteiger partial charge in [-0.05, 0) is 24.0 Å². The molecule has 1 unspecified atom stereocenters. The molecule has 0 aliphatic carbocycles. The van der Waals surface area contributed by atoms with Crippen molar-refractivity contribution in [1.82, 2.24) is 4.90 Å². The first-order valence-corrected chi connectivity index (χ1v) is 7.42. The predicted molar refractivity (Wildman–Crippen MR) is 83.0 cm³/mol. The number of nitriles is 1. The van der Waals surface area contributed by atoms with E-state index in [4.69, 9.17) is 10.4 Å². The summed E-state index contributed by atoms with van der Waals surface area (Å²) < 4.78 is 0. The van der Waals surface area contributed by atoms with E-state index in [2.05, 4.69) is 6.92 Å². The van der Waals surface area contributed by atoms with Crippen molar-refractivity contribution in [2.24, 2.45) is 0 Å². The van der Waals surface area contributed by atoms with Crippen molar-refractivity contribution in [3.05, 3.63) is 35.4 Å². The maximum absolute atomic E-state index is 11.9. The number of carbonyl (C=O) groups is 2. The van der Waals surface area contributed by atoms with E-state index in [-0.39, 0.29) is 24.8 Å².